The molecule has 0 atom stereocenters. The van der Waals surface area contributed by atoms with Crippen molar-refractivity contribution >= 4 is 33.4 Å². The van der Waals surface area contributed by atoms with Crippen molar-refractivity contribution in [3.63, 3.8) is 0 Å². The van der Waals surface area contributed by atoms with E-state index < -0.39 is 0 Å². The molecule has 0 aliphatic heterocycles. The maximum atomic E-state index is 13.1. The molecule has 0 bridgehead atoms. The van der Waals surface area contributed by atoms with Crippen LogP contribution in [-0.2, 0) is 0 Å². The van der Waals surface area contributed by atoms with Gasteiger partial charge in [0.25, 0.3) is 5.91 Å². The first-order valence-corrected chi connectivity index (χ1v) is 7.66. The molecule has 1 aromatic carbocycles. The zero-order valence-corrected chi connectivity index (χ0v) is 12.8. The molecule has 2 rings (SSSR count). The summed E-state index contributed by atoms with van der Waals surface area (Å²) in [6.45, 7) is 0.664. The van der Waals surface area contributed by atoms with Crippen LogP contribution in [0, 0.1) is 11.7 Å². The van der Waals surface area contributed by atoms with Crippen LogP contribution >= 0.6 is 27.5 Å². The molecule has 1 aliphatic rings. The second-order valence-corrected chi connectivity index (χ2v) is 6.43. The van der Waals surface area contributed by atoms with Crippen molar-refractivity contribution in [2.24, 2.45) is 5.92 Å². The molecule has 104 valence electrons. The number of halogens is 3. The fourth-order valence-electron chi connectivity index (χ4n) is 2.30. The third kappa shape index (κ3) is 4.18. The highest BCUT2D eigenvalue weighted by molar-refractivity contribution is 9.10. The van der Waals surface area contributed by atoms with Gasteiger partial charge in [-0.3, -0.25) is 4.79 Å². The van der Waals surface area contributed by atoms with E-state index in [1.807, 2.05) is 0 Å². The van der Waals surface area contributed by atoms with Crippen LogP contribution < -0.4 is 5.32 Å². The standard InChI is InChI=1S/C14H16BrClFNO/c15-12-7-10(3-6-13(12)17)14(19)18-8-9-1-4-11(16)5-2-9/h3,6-7,9,11H,1-2,4-5,8H2,(H,18,19). The van der Waals surface area contributed by atoms with Crippen LogP contribution in [0.1, 0.15) is 36.0 Å². The van der Waals surface area contributed by atoms with Gasteiger partial charge in [0.2, 0.25) is 0 Å². The van der Waals surface area contributed by atoms with Gasteiger partial charge in [0.1, 0.15) is 5.82 Å². The van der Waals surface area contributed by atoms with E-state index in [1.165, 1.54) is 18.2 Å². The average Bonchev–Trinajstić information content (AvgIpc) is 2.41. The minimum absolute atomic E-state index is 0.159. The number of carbonyl (C=O) groups excluding carboxylic acids is 1. The van der Waals surface area contributed by atoms with Gasteiger partial charge in [-0.25, -0.2) is 4.39 Å². The molecule has 0 saturated heterocycles. The highest BCUT2D eigenvalue weighted by atomic mass is 79.9. The van der Waals surface area contributed by atoms with Crippen molar-refractivity contribution in [1.82, 2.24) is 5.32 Å². The van der Waals surface area contributed by atoms with Gasteiger partial charge in [-0.15, -0.1) is 11.6 Å². The van der Waals surface area contributed by atoms with Crippen molar-refractivity contribution in [1.29, 1.82) is 0 Å². The number of benzene rings is 1. The molecule has 0 unspecified atom stereocenters. The third-order valence-electron chi connectivity index (χ3n) is 3.51. The summed E-state index contributed by atoms with van der Waals surface area (Å²) < 4.78 is 13.4. The van der Waals surface area contributed by atoms with Gasteiger partial charge < -0.3 is 5.32 Å². The van der Waals surface area contributed by atoms with Crippen molar-refractivity contribution in [2.75, 3.05) is 6.54 Å². The molecule has 1 amide bonds. The molecule has 5 heteroatoms. The van der Waals surface area contributed by atoms with Gasteiger partial charge in [-0.05, 0) is 65.7 Å². The molecule has 2 nitrogen and oxygen atoms in total. The molecule has 0 aromatic heterocycles. The third-order valence-corrected chi connectivity index (χ3v) is 4.55. The number of nitrogens with one attached hydrogen (secondary N) is 1. The highest BCUT2D eigenvalue weighted by Gasteiger charge is 2.20. The molecule has 0 spiro atoms. The molecule has 1 aliphatic carbocycles. The Kier molecular flexibility index (Phi) is 5.22. The van der Waals surface area contributed by atoms with Crippen LogP contribution in [0.15, 0.2) is 22.7 Å². The SMILES string of the molecule is O=C(NCC1CCC(Cl)CC1)c1ccc(F)c(Br)c1. The van der Waals surface area contributed by atoms with Gasteiger partial charge in [0.15, 0.2) is 0 Å². The first-order valence-electron chi connectivity index (χ1n) is 6.43. The molecule has 1 saturated carbocycles. The lowest BCUT2D eigenvalue weighted by Gasteiger charge is -2.25. The van der Waals surface area contributed by atoms with E-state index in [4.69, 9.17) is 11.6 Å². The number of hydrogen-bond donors (Lipinski definition) is 1. The van der Waals surface area contributed by atoms with E-state index in [-0.39, 0.29) is 11.7 Å². The summed E-state index contributed by atoms with van der Waals surface area (Å²) in [6, 6.07) is 4.28. The Bertz CT molecular complexity index is 461. The predicted molar refractivity (Wildman–Crippen MR) is 78.0 cm³/mol. The Morgan fingerprint density at radius 2 is 2.05 bits per heavy atom. The van der Waals surface area contributed by atoms with Crippen LogP contribution in [-0.4, -0.2) is 17.8 Å². The van der Waals surface area contributed by atoms with Crippen LogP contribution in [0.3, 0.4) is 0 Å². The number of alkyl halides is 1. The summed E-state index contributed by atoms with van der Waals surface area (Å²) in [5.41, 5.74) is 0.472. The molecule has 0 radical (unpaired) electrons. The van der Waals surface area contributed by atoms with E-state index in [2.05, 4.69) is 21.2 Å². The molecular formula is C14H16BrClFNO. The summed E-state index contributed by atoms with van der Waals surface area (Å²) in [7, 11) is 0. The fraction of sp³-hybridized carbons (Fsp3) is 0.500. The minimum Gasteiger partial charge on any atom is -0.352 e. The maximum Gasteiger partial charge on any atom is 0.251 e. The predicted octanol–water partition coefficient (Wildman–Crippen LogP) is 4.12. The molecule has 1 N–H and O–H groups in total. The van der Waals surface area contributed by atoms with Crippen molar-refractivity contribution in [3.05, 3.63) is 34.1 Å². The van der Waals surface area contributed by atoms with Gasteiger partial charge in [0.05, 0.1) is 4.47 Å². The quantitative estimate of drug-likeness (QED) is 0.818. The van der Waals surface area contributed by atoms with Crippen LogP contribution in [0.25, 0.3) is 0 Å². The van der Waals surface area contributed by atoms with E-state index in [0.717, 1.165) is 25.7 Å². The summed E-state index contributed by atoms with van der Waals surface area (Å²) in [6.07, 6.45) is 4.15. The molecular weight excluding hydrogens is 333 g/mol. The Hall–Kier alpha value is -0.610. The molecule has 19 heavy (non-hydrogen) atoms. The maximum absolute atomic E-state index is 13.1. The van der Waals surface area contributed by atoms with E-state index in [9.17, 15) is 9.18 Å². The summed E-state index contributed by atoms with van der Waals surface area (Å²) in [5, 5.41) is 3.20. The topological polar surface area (TPSA) is 29.1 Å². The van der Waals surface area contributed by atoms with Gasteiger partial charge >= 0.3 is 0 Å². The number of carbonyl (C=O) groups is 1. The number of rotatable bonds is 3. The van der Waals surface area contributed by atoms with Crippen LogP contribution in [0.2, 0.25) is 0 Å². The normalized spacial score (nSPS) is 23.1. The van der Waals surface area contributed by atoms with E-state index >= 15 is 0 Å². The summed E-state index contributed by atoms with van der Waals surface area (Å²) >= 11 is 9.12. The minimum atomic E-state index is -0.364. The van der Waals surface area contributed by atoms with Gasteiger partial charge in [-0.2, -0.15) is 0 Å². The lowest BCUT2D eigenvalue weighted by Crippen LogP contribution is -2.31. The molecule has 0 heterocycles. The van der Waals surface area contributed by atoms with Crippen molar-refractivity contribution in [3.8, 4) is 0 Å². The monoisotopic (exact) mass is 347 g/mol. The Morgan fingerprint density at radius 1 is 1.37 bits per heavy atom. The highest BCUT2D eigenvalue weighted by Crippen LogP contribution is 2.27. The zero-order valence-electron chi connectivity index (χ0n) is 10.5. The number of hydrogen-bond acceptors (Lipinski definition) is 1. The lowest BCUT2D eigenvalue weighted by atomic mass is 9.89. The smallest absolute Gasteiger partial charge is 0.251 e. The fourth-order valence-corrected chi connectivity index (χ4v) is 2.93. The van der Waals surface area contributed by atoms with Gasteiger partial charge in [0, 0.05) is 17.5 Å². The Balaban J connectivity index is 1.85. The Labute approximate surface area is 125 Å². The lowest BCUT2D eigenvalue weighted by molar-refractivity contribution is 0.0943. The van der Waals surface area contributed by atoms with Crippen molar-refractivity contribution in [2.45, 2.75) is 31.1 Å². The summed E-state index contributed by atoms with van der Waals surface area (Å²) in [4.78, 5) is 11.9. The zero-order chi connectivity index (χ0) is 13.8. The second-order valence-electron chi connectivity index (χ2n) is 4.96. The number of amides is 1. The van der Waals surface area contributed by atoms with E-state index in [1.54, 1.807) is 0 Å². The first kappa shape index (κ1) is 14.8. The summed E-state index contributed by atoms with van der Waals surface area (Å²) in [5.74, 6) is -0.0199. The van der Waals surface area contributed by atoms with Gasteiger partial charge in [-0.1, -0.05) is 0 Å². The van der Waals surface area contributed by atoms with Crippen molar-refractivity contribution < 1.29 is 9.18 Å². The first-order chi connectivity index (χ1) is 9.06. The Morgan fingerprint density at radius 3 is 2.68 bits per heavy atom. The van der Waals surface area contributed by atoms with Crippen LogP contribution in [0.5, 0.6) is 0 Å². The molecule has 1 fully saturated rings. The van der Waals surface area contributed by atoms with E-state index in [0.29, 0.717) is 27.9 Å². The largest absolute Gasteiger partial charge is 0.352 e. The second kappa shape index (κ2) is 6.71. The molecule has 1 aromatic rings. The average molecular weight is 349 g/mol. The van der Waals surface area contributed by atoms with Crippen LogP contribution in [0.4, 0.5) is 4.39 Å².